The molecule has 0 heterocycles. The molecule has 0 fully saturated rings. The Hall–Kier alpha value is -1.23. The summed E-state index contributed by atoms with van der Waals surface area (Å²) in [6, 6.07) is 5.02. The van der Waals surface area contributed by atoms with Crippen molar-refractivity contribution in [1.29, 1.82) is 0 Å². The molecule has 0 radical (unpaired) electrons. The first-order valence-electron chi connectivity index (χ1n) is 6.92. The van der Waals surface area contributed by atoms with Gasteiger partial charge in [-0.15, -0.1) is 13.2 Å². The summed E-state index contributed by atoms with van der Waals surface area (Å²) in [5.74, 6) is -0.133. The van der Waals surface area contributed by atoms with E-state index in [1.54, 1.807) is 6.07 Å². The SMILES string of the molecule is CC(C)(C)NCc1ccc(C(C)(C)C)cc1OC(F)(F)F. The summed E-state index contributed by atoms with van der Waals surface area (Å²) in [7, 11) is 0. The Kier molecular flexibility index (Phi) is 4.98. The number of hydrogen-bond acceptors (Lipinski definition) is 2. The van der Waals surface area contributed by atoms with E-state index in [0.29, 0.717) is 12.1 Å². The topological polar surface area (TPSA) is 21.3 Å². The normalized spacial score (nSPS) is 13.4. The highest BCUT2D eigenvalue weighted by molar-refractivity contribution is 5.40. The molecule has 0 bridgehead atoms. The molecule has 2 nitrogen and oxygen atoms in total. The van der Waals surface area contributed by atoms with Crippen molar-refractivity contribution in [3.05, 3.63) is 29.3 Å². The highest BCUT2D eigenvalue weighted by Gasteiger charge is 2.32. The number of nitrogens with one attached hydrogen (secondary N) is 1. The first-order valence-corrected chi connectivity index (χ1v) is 6.92. The van der Waals surface area contributed by atoms with Crippen LogP contribution in [0.1, 0.15) is 52.7 Å². The smallest absolute Gasteiger partial charge is 0.405 e. The molecule has 1 rings (SSSR count). The molecule has 1 N–H and O–H groups in total. The van der Waals surface area contributed by atoms with Crippen molar-refractivity contribution >= 4 is 0 Å². The van der Waals surface area contributed by atoms with E-state index in [1.807, 2.05) is 47.6 Å². The van der Waals surface area contributed by atoms with Crippen LogP contribution in [0.4, 0.5) is 13.2 Å². The Morgan fingerprint density at radius 1 is 1.00 bits per heavy atom. The van der Waals surface area contributed by atoms with E-state index < -0.39 is 6.36 Å². The lowest BCUT2D eigenvalue weighted by molar-refractivity contribution is -0.274. The predicted octanol–water partition coefficient (Wildman–Crippen LogP) is 4.77. The van der Waals surface area contributed by atoms with Crippen LogP contribution < -0.4 is 10.1 Å². The van der Waals surface area contributed by atoms with Gasteiger partial charge in [0.25, 0.3) is 0 Å². The molecule has 0 aromatic heterocycles. The van der Waals surface area contributed by atoms with E-state index in [-0.39, 0.29) is 16.7 Å². The first kappa shape index (κ1) is 17.8. The van der Waals surface area contributed by atoms with Gasteiger partial charge in [-0.25, -0.2) is 0 Å². The molecule has 21 heavy (non-hydrogen) atoms. The summed E-state index contributed by atoms with van der Waals surface area (Å²) >= 11 is 0. The van der Waals surface area contributed by atoms with Gasteiger partial charge in [0.05, 0.1) is 0 Å². The third-order valence-electron chi connectivity index (χ3n) is 2.97. The van der Waals surface area contributed by atoms with E-state index in [4.69, 9.17) is 0 Å². The summed E-state index contributed by atoms with van der Waals surface area (Å²) < 4.78 is 41.9. The van der Waals surface area contributed by atoms with Gasteiger partial charge in [-0.3, -0.25) is 0 Å². The first-order chi connectivity index (χ1) is 9.28. The Labute approximate surface area is 124 Å². The maximum Gasteiger partial charge on any atom is 0.573 e. The minimum Gasteiger partial charge on any atom is -0.405 e. The fraction of sp³-hybridized carbons (Fsp3) is 0.625. The maximum atomic E-state index is 12.6. The minimum absolute atomic E-state index is 0.133. The van der Waals surface area contributed by atoms with Gasteiger partial charge in [0.1, 0.15) is 5.75 Å². The molecule has 0 saturated heterocycles. The molecule has 0 aliphatic carbocycles. The highest BCUT2D eigenvalue weighted by Crippen LogP contribution is 2.32. The fourth-order valence-corrected chi connectivity index (χ4v) is 1.75. The molecule has 0 aliphatic heterocycles. The summed E-state index contributed by atoms with van der Waals surface area (Å²) in [5, 5.41) is 3.18. The van der Waals surface area contributed by atoms with Crippen molar-refractivity contribution in [1.82, 2.24) is 5.32 Å². The van der Waals surface area contributed by atoms with E-state index in [9.17, 15) is 13.2 Å². The number of halogens is 3. The molecule has 0 saturated carbocycles. The van der Waals surface area contributed by atoms with Crippen molar-refractivity contribution in [2.45, 2.75) is 65.4 Å². The van der Waals surface area contributed by atoms with Gasteiger partial charge >= 0.3 is 6.36 Å². The van der Waals surface area contributed by atoms with Gasteiger partial charge in [-0.05, 0) is 37.8 Å². The van der Waals surface area contributed by atoms with Crippen LogP contribution in [0.15, 0.2) is 18.2 Å². The lowest BCUT2D eigenvalue weighted by Crippen LogP contribution is -2.35. The van der Waals surface area contributed by atoms with Gasteiger partial charge in [0.2, 0.25) is 0 Å². The molecule has 1 aromatic rings. The largest absolute Gasteiger partial charge is 0.573 e. The number of rotatable bonds is 3. The van der Waals surface area contributed by atoms with E-state index >= 15 is 0 Å². The lowest BCUT2D eigenvalue weighted by Gasteiger charge is -2.24. The molecule has 1 aromatic carbocycles. The molecule has 0 aliphatic rings. The standard InChI is InChI=1S/C16H24F3NO/c1-14(2,3)12-8-7-11(10-20-15(4,5)6)13(9-12)21-16(17,18)19/h7-9,20H,10H2,1-6H3. The van der Waals surface area contributed by atoms with E-state index in [0.717, 1.165) is 5.56 Å². The number of alkyl halides is 3. The van der Waals surface area contributed by atoms with Crippen LogP contribution >= 0.6 is 0 Å². The fourth-order valence-electron chi connectivity index (χ4n) is 1.75. The van der Waals surface area contributed by atoms with Crippen molar-refractivity contribution in [2.75, 3.05) is 0 Å². The number of benzene rings is 1. The van der Waals surface area contributed by atoms with Gasteiger partial charge in [0.15, 0.2) is 0 Å². The van der Waals surface area contributed by atoms with Crippen molar-refractivity contribution in [3.8, 4) is 5.75 Å². The average Bonchev–Trinajstić information content (AvgIpc) is 2.22. The number of hydrogen-bond donors (Lipinski definition) is 1. The quantitative estimate of drug-likeness (QED) is 0.868. The van der Waals surface area contributed by atoms with Crippen molar-refractivity contribution in [2.24, 2.45) is 0 Å². The average molecular weight is 303 g/mol. The summed E-state index contributed by atoms with van der Waals surface area (Å²) in [6.45, 7) is 12.0. The van der Waals surface area contributed by atoms with Gasteiger partial charge < -0.3 is 10.1 Å². The molecule has 120 valence electrons. The molecule has 0 spiro atoms. The second-order valence-electron chi connectivity index (χ2n) is 7.22. The van der Waals surface area contributed by atoms with Crippen molar-refractivity contribution in [3.63, 3.8) is 0 Å². The lowest BCUT2D eigenvalue weighted by atomic mass is 9.86. The molecule has 5 heteroatoms. The Bertz CT molecular complexity index is 482. The third kappa shape index (κ3) is 6.38. The van der Waals surface area contributed by atoms with Gasteiger partial charge in [-0.1, -0.05) is 32.9 Å². The van der Waals surface area contributed by atoms with Crippen LogP contribution in [0.3, 0.4) is 0 Å². The molecular formula is C16H24F3NO. The van der Waals surface area contributed by atoms with E-state index in [1.165, 1.54) is 6.07 Å². The molecule has 0 unspecified atom stereocenters. The second-order valence-corrected chi connectivity index (χ2v) is 7.22. The van der Waals surface area contributed by atoms with E-state index in [2.05, 4.69) is 10.1 Å². The minimum atomic E-state index is -4.69. The van der Waals surface area contributed by atoms with Crippen LogP contribution in [0.5, 0.6) is 5.75 Å². The van der Waals surface area contributed by atoms with Crippen LogP contribution in [-0.2, 0) is 12.0 Å². The summed E-state index contributed by atoms with van der Waals surface area (Å²) in [5.41, 5.74) is 0.884. The van der Waals surface area contributed by atoms with Gasteiger partial charge in [0, 0.05) is 17.6 Å². The van der Waals surface area contributed by atoms with Crippen LogP contribution in [0.25, 0.3) is 0 Å². The zero-order valence-corrected chi connectivity index (χ0v) is 13.5. The van der Waals surface area contributed by atoms with Crippen LogP contribution in [0, 0.1) is 0 Å². The predicted molar refractivity (Wildman–Crippen MR) is 78.4 cm³/mol. The maximum absolute atomic E-state index is 12.6. The molecular weight excluding hydrogens is 279 g/mol. The Morgan fingerprint density at radius 2 is 1.57 bits per heavy atom. The van der Waals surface area contributed by atoms with Crippen LogP contribution in [-0.4, -0.2) is 11.9 Å². The van der Waals surface area contributed by atoms with Gasteiger partial charge in [-0.2, -0.15) is 0 Å². The second kappa shape index (κ2) is 5.87. The van der Waals surface area contributed by atoms with Crippen LogP contribution in [0.2, 0.25) is 0 Å². The zero-order valence-electron chi connectivity index (χ0n) is 13.5. The summed E-state index contributed by atoms with van der Waals surface area (Å²) in [4.78, 5) is 0. The summed E-state index contributed by atoms with van der Waals surface area (Å²) in [6.07, 6.45) is -4.69. The molecule has 0 atom stereocenters. The Morgan fingerprint density at radius 3 is 2.00 bits per heavy atom. The zero-order chi connectivity index (χ0) is 16.5. The highest BCUT2D eigenvalue weighted by atomic mass is 19.4. The Balaban J connectivity index is 3.11. The number of ether oxygens (including phenoxy) is 1. The monoisotopic (exact) mass is 303 g/mol. The molecule has 0 amide bonds. The third-order valence-corrected chi connectivity index (χ3v) is 2.97. The van der Waals surface area contributed by atoms with Crippen molar-refractivity contribution < 1.29 is 17.9 Å².